The van der Waals surface area contributed by atoms with Gasteiger partial charge >= 0.3 is 0 Å². The van der Waals surface area contributed by atoms with Crippen LogP contribution < -0.4 is 15.9 Å². The number of hydrogen-bond acceptors (Lipinski definition) is 3. The molecule has 0 spiro atoms. The van der Waals surface area contributed by atoms with E-state index < -0.39 is 7.14 Å². The van der Waals surface area contributed by atoms with Crippen molar-refractivity contribution in [3.05, 3.63) is 206 Å². The zero-order valence-corrected chi connectivity index (χ0v) is 31.7. The molecule has 9 aromatic carbocycles. The first-order valence-corrected chi connectivity index (χ1v) is 20.9. The minimum Gasteiger partial charge on any atom is -0.456 e. The Hall–Kier alpha value is -7.06. The lowest BCUT2D eigenvalue weighted by atomic mass is 9.89. The van der Waals surface area contributed by atoms with Gasteiger partial charge in [0.15, 0.2) is 7.14 Å². The fraction of sp³-hybridized carbons (Fsp3) is 0. The molecule has 0 aliphatic carbocycles. The molecule has 0 bridgehead atoms. The molecule has 0 saturated carbocycles. The Bertz CT molecular complexity index is 3330. The van der Waals surface area contributed by atoms with Gasteiger partial charge in [0.1, 0.15) is 11.2 Å². The number of para-hydroxylation sites is 2. The van der Waals surface area contributed by atoms with Crippen LogP contribution in [0, 0.1) is 0 Å². The molecule has 0 fully saturated rings. The topological polar surface area (TPSA) is 43.1 Å². The standard InChI is InChI=1S/C53H34NO2P/c55-57(41-19-6-2-7-20-41,42-21-8-3-9-22-42)43-30-29-38-31-37(27-28-39(38)33-43)36-17-14-18-40(32-36)53-46-34-49-52(45-24-11-13-26-48(45)56-49)50(35-15-4-1-5-16-35)51(46)44-23-10-12-25-47(44)54-53/h1-34H. The van der Waals surface area contributed by atoms with Crippen molar-refractivity contribution < 1.29 is 8.98 Å². The summed E-state index contributed by atoms with van der Waals surface area (Å²) >= 11 is 0. The summed E-state index contributed by atoms with van der Waals surface area (Å²) in [7, 11) is -3.09. The lowest BCUT2D eigenvalue weighted by Crippen LogP contribution is -2.24. The molecule has 0 radical (unpaired) electrons. The summed E-state index contributed by atoms with van der Waals surface area (Å²) < 4.78 is 21.7. The average molecular weight is 748 g/mol. The number of hydrogen-bond donors (Lipinski definition) is 0. The lowest BCUT2D eigenvalue weighted by molar-refractivity contribution is 0.592. The Labute approximate surface area is 329 Å². The number of fused-ring (bicyclic) bond motifs is 7. The Morgan fingerprint density at radius 1 is 0.386 bits per heavy atom. The monoisotopic (exact) mass is 747 g/mol. The second kappa shape index (κ2) is 13.3. The molecule has 0 N–H and O–H groups in total. The molecule has 0 aliphatic rings. The molecular formula is C53H34NO2P. The van der Waals surface area contributed by atoms with Crippen LogP contribution in [-0.4, -0.2) is 4.98 Å². The van der Waals surface area contributed by atoms with Gasteiger partial charge in [-0.3, -0.25) is 0 Å². The van der Waals surface area contributed by atoms with Crippen LogP contribution >= 0.6 is 7.14 Å². The first-order chi connectivity index (χ1) is 28.1. The van der Waals surface area contributed by atoms with Gasteiger partial charge in [0.05, 0.1) is 11.2 Å². The van der Waals surface area contributed by atoms with Crippen LogP contribution in [0.5, 0.6) is 0 Å². The molecule has 0 unspecified atom stereocenters. The van der Waals surface area contributed by atoms with Gasteiger partial charge < -0.3 is 8.98 Å². The number of rotatable bonds is 6. The van der Waals surface area contributed by atoms with Gasteiger partial charge in [-0.25, -0.2) is 4.98 Å². The summed E-state index contributed by atoms with van der Waals surface area (Å²) in [5.74, 6) is 0. The summed E-state index contributed by atoms with van der Waals surface area (Å²) in [6.45, 7) is 0. The first kappa shape index (κ1) is 33.3. The van der Waals surface area contributed by atoms with E-state index in [4.69, 9.17) is 9.40 Å². The number of benzene rings is 9. The molecule has 3 nitrogen and oxygen atoms in total. The summed E-state index contributed by atoms with van der Waals surface area (Å²) in [6.07, 6.45) is 0. The lowest BCUT2D eigenvalue weighted by Gasteiger charge is -2.20. The Balaban J connectivity index is 1.08. The molecule has 268 valence electrons. The molecule has 2 heterocycles. The fourth-order valence-electron chi connectivity index (χ4n) is 8.61. The van der Waals surface area contributed by atoms with E-state index in [1.807, 2.05) is 78.9 Å². The van der Waals surface area contributed by atoms with Gasteiger partial charge in [-0.2, -0.15) is 0 Å². The molecule has 2 aromatic heterocycles. The maximum Gasteiger partial charge on any atom is 0.171 e. The second-order valence-electron chi connectivity index (χ2n) is 14.6. The van der Waals surface area contributed by atoms with Crippen molar-refractivity contribution in [2.45, 2.75) is 0 Å². The zero-order chi connectivity index (χ0) is 37.9. The molecule has 0 atom stereocenters. The Kier molecular flexibility index (Phi) is 7.77. The average Bonchev–Trinajstić information content (AvgIpc) is 3.66. The van der Waals surface area contributed by atoms with Crippen LogP contribution in [-0.2, 0) is 4.57 Å². The number of pyridine rings is 1. The minimum atomic E-state index is -3.09. The highest BCUT2D eigenvalue weighted by molar-refractivity contribution is 7.85. The molecule has 0 aliphatic heterocycles. The summed E-state index contributed by atoms with van der Waals surface area (Å²) in [5, 5.41) is 10.1. The molecule has 11 aromatic rings. The van der Waals surface area contributed by atoms with Crippen LogP contribution in [0.2, 0.25) is 0 Å². The van der Waals surface area contributed by atoms with Crippen LogP contribution in [0.25, 0.3) is 87.9 Å². The molecule has 0 amide bonds. The normalized spacial score (nSPS) is 11.9. The van der Waals surface area contributed by atoms with Gasteiger partial charge in [0, 0.05) is 54.0 Å². The predicted molar refractivity (Wildman–Crippen MR) is 240 cm³/mol. The largest absolute Gasteiger partial charge is 0.456 e. The van der Waals surface area contributed by atoms with E-state index >= 15 is 4.57 Å². The van der Waals surface area contributed by atoms with Gasteiger partial charge in [-0.15, -0.1) is 0 Å². The summed E-state index contributed by atoms with van der Waals surface area (Å²) in [6, 6.07) is 70.8. The van der Waals surface area contributed by atoms with E-state index in [0.29, 0.717) is 0 Å². The predicted octanol–water partition coefficient (Wildman–Crippen LogP) is 13.1. The van der Waals surface area contributed by atoms with Gasteiger partial charge in [-0.05, 0) is 63.9 Å². The van der Waals surface area contributed by atoms with Crippen LogP contribution in [0.1, 0.15) is 0 Å². The number of nitrogens with zero attached hydrogens (tertiary/aromatic N) is 1. The van der Waals surface area contributed by atoms with Crippen LogP contribution in [0.4, 0.5) is 0 Å². The van der Waals surface area contributed by atoms with Crippen molar-refractivity contribution in [2.75, 3.05) is 0 Å². The van der Waals surface area contributed by atoms with Crippen molar-refractivity contribution in [2.24, 2.45) is 0 Å². The SMILES string of the molecule is O=P(c1ccccc1)(c1ccccc1)c1ccc2cc(-c3cccc(-c4nc5ccccc5c5c(-c6ccccc6)c6c(cc45)oc4ccccc46)c3)ccc2c1. The van der Waals surface area contributed by atoms with Crippen molar-refractivity contribution >= 4 is 77.4 Å². The number of furan rings is 1. The summed E-state index contributed by atoms with van der Waals surface area (Å²) in [4.78, 5) is 5.37. The zero-order valence-electron chi connectivity index (χ0n) is 30.8. The highest BCUT2D eigenvalue weighted by Crippen LogP contribution is 2.47. The molecular weight excluding hydrogens is 714 g/mol. The Morgan fingerprint density at radius 2 is 0.982 bits per heavy atom. The second-order valence-corrected chi connectivity index (χ2v) is 17.4. The quantitative estimate of drug-likeness (QED) is 0.126. The van der Waals surface area contributed by atoms with Gasteiger partial charge in [-0.1, -0.05) is 170 Å². The molecule has 57 heavy (non-hydrogen) atoms. The first-order valence-electron chi connectivity index (χ1n) is 19.2. The van der Waals surface area contributed by atoms with Gasteiger partial charge in [0.2, 0.25) is 0 Å². The van der Waals surface area contributed by atoms with Crippen LogP contribution in [0.15, 0.2) is 211 Å². The van der Waals surface area contributed by atoms with Crippen molar-refractivity contribution in [3.8, 4) is 33.5 Å². The van der Waals surface area contributed by atoms with Crippen molar-refractivity contribution in [1.82, 2.24) is 4.98 Å². The molecule has 0 saturated heterocycles. The highest BCUT2D eigenvalue weighted by atomic mass is 31.2. The third-order valence-corrected chi connectivity index (χ3v) is 14.3. The van der Waals surface area contributed by atoms with Crippen molar-refractivity contribution in [3.63, 3.8) is 0 Å². The number of aromatic nitrogens is 1. The third kappa shape index (κ3) is 5.43. The van der Waals surface area contributed by atoms with Gasteiger partial charge in [0.25, 0.3) is 0 Å². The maximum absolute atomic E-state index is 15.1. The summed E-state index contributed by atoms with van der Waals surface area (Å²) in [5.41, 5.74) is 9.07. The minimum absolute atomic E-state index is 0.824. The van der Waals surface area contributed by atoms with E-state index in [1.165, 1.54) is 0 Å². The van der Waals surface area contributed by atoms with E-state index in [0.717, 1.165) is 104 Å². The molecule has 11 rings (SSSR count). The van der Waals surface area contributed by atoms with Crippen LogP contribution in [0.3, 0.4) is 0 Å². The van der Waals surface area contributed by atoms with E-state index in [2.05, 4.69) is 127 Å². The third-order valence-electron chi connectivity index (χ3n) is 11.3. The molecule has 4 heteroatoms. The smallest absolute Gasteiger partial charge is 0.171 e. The maximum atomic E-state index is 15.1. The highest BCUT2D eigenvalue weighted by Gasteiger charge is 2.30. The van der Waals surface area contributed by atoms with E-state index in [9.17, 15) is 0 Å². The van der Waals surface area contributed by atoms with Crippen molar-refractivity contribution in [1.29, 1.82) is 0 Å². The Morgan fingerprint density at radius 3 is 1.75 bits per heavy atom. The van der Waals surface area contributed by atoms with E-state index in [-0.39, 0.29) is 0 Å². The fourth-order valence-corrected chi connectivity index (χ4v) is 11.3. The van der Waals surface area contributed by atoms with E-state index in [1.54, 1.807) is 0 Å².